The molecule has 20 heavy (non-hydrogen) atoms. The summed E-state index contributed by atoms with van der Waals surface area (Å²) in [4.78, 5) is 5.93. The Balaban J connectivity index is 1.77. The molecule has 0 radical (unpaired) electrons. The molecular weight excluding hydrogens is 266 g/mol. The van der Waals surface area contributed by atoms with Gasteiger partial charge in [0, 0.05) is 17.6 Å². The number of benzene rings is 2. The Morgan fingerprint density at radius 1 is 1.10 bits per heavy atom. The Kier molecular flexibility index (Phi) is 3.65. The molecule has 1 aromatic heterocycles. The first-order valence-corrected chi connectivity index (χ1v) is 7.78. The predicted octanol–water partition coefficient (Wildman–Crippen LogP) is 3.91. The van der Waals surface area contributed by atoms with Crippen molar-refractivity contribution < 1.29 is 0 Å². The average molecular weight is 283 g/mol. The Bertz CT molecular complexity index is 716. The first-order valence-electron chi connectivity index (χ1n) is 6.56. The minimum atomic E-state index is 0.726. The SMILES string of the molecule is CSc1ccc(NCc2nc3ccccc3n2C)cc1. The molecule has 0 aliphatic heterocycles. The van der Waals surface area contributed by atoms with E-state index in [0.29, 0.717) is 0 Å². The first-order chi connectivity index (χ1) is 9.78. The molecule has 0 saturated carbocycles. The minimum Gasteiger partial charge on any atom is -0.378 e. The van der Waals surface area contributed by atoms with Gasteiger partial charge in [-0.25, -0.2) is 4.98 Å². The van der Waals surface area contributed by atoms with Gasteiger partial charge >= 0.3 is 0 Å². The Morgan fingerprint density at radius 2 is 1.85 bits per heavy atom. The van der Waals surface area contributed by atoms with Crippen LogP contribution in [0.5, 0.6) is 0 Å². The number of nitrogens with zero attached hydrogens (tertiary/aromatic N) is 2. The largest absolute Gasteiger partial charge is 0.378 e. The molecule has 102 valence electrons. The molecule has 1 heterocycles. The van der Waals surface area contributed by atoms with E-state index in [1.165, 1.54) is 10.4 Å². The van der Waals surface area contributed by atoms with E-state index in [1.54, 1.807) is 11.8 Å². The monoisotopic (exact) mass is 283 g/mol. The van der Waals surface area contributed by atoms with Crippen LogP contribution in [0.4, 0.5) is 5.69 Å². The maximum Gasteiger partial charge on any atom is 0.128 e. The van der Waals surface area contributed by atoms with Crippen LogP contribution in [0.1, 0.15) is 5.82 Å². The number of aryl methyl sites for hydroxylation is 1. The molecule has 1 N–H and O–H groups in total. The minimum absolute atomic E-state index is 0.726. The van der Waals surface area contributed by atoms with Crippen molar-refractivity contribution in [3.8, 4) is 0 Å². The lowest BCUT2D eigenvalue weighted by Crippen LogP contribution is -2.05. The van der Waals surface area contributed by atoms with Crippen LogP contribution in [0.25, 0.3) is 11.0 Å². The molecule has 0 fully saturated rings. The van der Waals surface area contributed by atoms with E-state index in [0.717, 1.165) is 23.6 Å². The number of hydrogen-bond acceptors (Lipinski definition) is 3. The summed E-state index contributed by atoms with van der Waals surface area (Å²) < 4.78 is 2.14. The maximum atomic E-state index is 4.66. The number of hydrogen-bond donors (Lipinski definition) is 1. The zero-order chi connectivity index (χ0) is 13.9. The van der Waals surface area contributed by atoms with Gasteiger partial charge < -0.3 is 9.88 Å². The molecule has 0 spiro atoms. The van der Waals surface area contributed by atoms with Crippen LogP contribution in [-0.4, -0.2) is 15.8 Å². The standard InChI is InChI=1S/C16H17N3S/c1-19-15-6-4-3-5-14(15)18-16(19)11-17-12-7-9-13(20-2)10-8-12/h3-10,17H,11H2,1-2H3. The quantitative estimate of drug-likeness (QED) is 0.736. The summed E-state index contributed by atoms with van der Waals surface area (Å²) in [5.74, 6) is 1.04. The average Bonchev–Trinajstić information content (AvgIpc) is 2.83. The van der Waals surface area contributed by atoms with Crippen LogP contribution in [0.15, 0.2) is 53.4 Å². The molecular formula is C16H17N3S. The molecule has 0 saturated heterocycles. The first kappa shape index (κ1) is 13.1. The summed E-state index contributed by atoms with van der Waals surface area (Å²) in [6.07, 6.45) is 2.09. The van der Waals surface area contributed by atoms with Crippen molar-refractivity contribution in [3.63, 3.8) is 0 Å². The van der Waals surface area contributed by atoms with Crippen molar-refractivity contribution in [2.75, 3.05) is 11.6 Å². The number of thioether (sulfide) groups is 1. The molecule has 3 nitrogen and oxygen atoms in total. The van der Waals surface area contributed by atoms with Crippen LogP contribution in [-0.2, 0) is 13.6 Å². The van der Waals surface area contributed by atoms with Crippen molar-refractivity contribution in [2.24, 2.45) is 7.05 Å². The molecule has 3 aromatic rings. The number of para-hydroxylation sites is 2. The second-order valence-corrected chi connectivity index (χ2v) is 5.54. The summed E-state index contributed by atoms with van der Waals surface area (Å²) in [5, 5.41) is 3.42. The Morgan fingerprint density at radius 3 is 2.55 bits per heavy atom. The fraction of sp³-hybridized carbons (Fsp3) is 0.188. The highest BCUT2D eigenvalue weighted by molar-refractivity contribution is 7.98. The van der Waals surface area contributed by atoms with Gasteiger partial charge in [0.2, 0.25) is 0 Å². The second-order valence-electron chi connectivity index (χ2n) is 4.66. The van der Waals surface area contributed by atoms with Crippen molar-refractivity contribution in [3.05, 3.63) is 54.4 Å². The van der Waals surface area contributed by atoms with Crippen LogP contribution >= 0.6 is 11.8 Å². The summed E-state index contributed by atoms with van der Waals surface area (Å²) in [6.45, 7) is 0.726. The lowest BCUT2D eigenvalue weighted by molar-refractivity contribution is 0.834. The van der Waals surface area contributed by atoms with E-state index in [1.807, 2.05) is 18.2 Å². The summed E-state index contributed by atoms with van der Waals surface area (Å²) in [5.41, 5.74) is 3.33. The molecule has 0 bridgehead atoms. The van der Waals surface area contributed by atoms with Gasteiger partial charge in [-0.15, -0.1) is 11.8 Å². The van der Waals surface area contributed by atoms with Crippen LogP contribution < -0.4 is 5.32 Å². The number of anilines is 1. The van der Waals surface area contributed by atoms with Crippen molar-refractivity contribution >= 4 is 28.5 Å². The fourth-order valence-electron chi connectivity index (χ4n) is 2.24. The van der Waals surface area contributed by atoms with Gasteiger partial charge in [0.25, 0.3) is 0 Å². The Hall–Kier alpha value is -1.94. The molecule has 0 amide bonds. The third kappa shape index (κ3) is 2.51. The van der Waals surface area contributed by atoms with E-state index < -0.39 is 0 Å². The second kappa shape index (κ2) is 5.59. The van der Waals surface area contributed by atoms with Crippen LogP contribution in [0, 0.1) is 0 Å². The molecule has 0 aliphatic carbocycles. The van der Waals surface area contributed by atoms with Gasteiger partial charge in [-0.1, -0.05) is 12.1 Å². The topological polar surface area (TPSA) is 29.9 Å². The van der Waals surface area contributed by atoms with Gasteiger partial charge in [-0.05, 0) is 42.7 Å². The highest BCUT2D eigenvalue weighted by atomic mass is 32.2. The third-order valence-corrected chi connectivity index (χ3v) is 4.16. The lowest BCUT2D eigenvalue weighted by Gasteiger charge is -2.07. The fourth-order valence-corrected chi connectivity index (χ4v) is 2.65. The van der Waals surface area contributed by atoms with E-state index in [2.05, 4.69) is 58.5 Å². The predicted molar refractivity (Wildman–Crippen MR) is 86.3 cm³/mol. The molecule has 0 unspecified atom stereocenters. The van der Waals surface area contributed by atoms with Crippen molar-refractivity contribution in [2.45, 2.75) is 11.4 Å². The smallest absolute Gasteiger partial charge is 0.128 e. The molecule has 4 heteroatoms. The van der Waals surface area contributed by atoms with Crippen molar-refractivity contribution in [1.82, 2.24) is 9.55 Å². The number of nitrogens with one attached hydrogen (secondary N) is 1. The maximum absolute atomic E-state index is 4.66. The number of imidazole rings is 1. The van der Waals surface area contributed by atoms with Gasteiger partial charge in [-0.3, -0.25) is 0 Å². The third-order valence-electron chi connectivity index (χ3n) is 3.42. The van der Waals surface area contributed by atoms with Gasteiger partial charge in [0.1, 0.15) is 5.82 Å². The number of rotatable bonds is 4. The summed E-state index contributed by atoms with van der Waals surface area (Å²) in [7, 11) is 2.06. The van der Waals surface area contributed by atoms with E-state index >= 15 is 0 Å². The van der Waals surface area contributed by atoms with Crippen molar-refractivity contribution in [1.29, 1.82) is 0 Å². The van der Waals surface area contributed by atoms with E-state index in [-0.39, 0.29) is 0 Å². The van der Waals surface area contributed by atoms with Crippen LogP contribution in [0.2, 0.25) is 0 Å². The lowest BCUT2D eigenvalue weighted by atomic mass is 10.3. The van der Waals surface area contributed by atoms with Crippen LogP contribution in [0.3, 0.4) is 0 Å². The number of fused-ring (bicyclic) bond motifs is 1. The number of aromatic nitrogens is 2. The molecule has 0 aliphatic rings. The van der Waals surface area contributed by atoms with Gasteiger partial charge in [-0.2, -0.15) is 0 Å². The zero-order valence-electron chi connectivity index (χ0n) is 11.6. The van der Waals surface area contributed by atoms with Gasteiger partial charge in [0.15, 0.2) is 0 Å². The molecule has 2 aromatic carbocycles. The van der Waals surface area contributed by atoms with E-state index in [9.17, 15) is 0 Å². The van der Waals surface area contributed by atoms with E-state index in [4.69, 9.17) is 0 Å². The Labute approximate surface area is 123 Å². The highest BCUT2D eigenvalue weighted by Gasteiger charge is 2.06. The normalized spacial score (nSPS) is 10.9. The highest BCUT2D eigenvalue weighted by Crippen LogP contribution is 2.19. The summed E-state index contributed by atoms with van der Waals surface area (Å²) in [6, 6.07) is 16.7. The van der Waals surface area contributed by atoms with Gasteiger partial charge in [0.05, 0.1) is 17.6 Å². The molecule has 0 atom stereocenters. The summed E-state index contributed by atoms with van der Waals surface area (Å²) >= 11 is 1.75. The zero-order valence-corrected chi connectivity index (χ0v) is 12.4. The molecule has 3 rings (SSSR count).